The van der Waals surface area contributed by atoms with E-state index in [2.05, 4.69) is 26.1 Å². The Morgan fingerprint density at radius 1 is 1.33 bits per heavy atom. The molecule has 4 atom stereocenters. The number of hydrogen-bond donors (Lipinski definition) is 1. The standard InChI is InChI=1S/C15H31NOS/c1-4-16-14(3)9-5-6-11-18(17)15-10-7-8-13(2)12-15/h13-16H,4-12H2,1-3H3. The lowest BCUT2D eigenvalue weighted by molar-refractivity contribution is 0.389. The molecule has 1 aliphatic rings. The second-order valence-electron chi connectivity index (χ2n) is 5.93. The van der Waals surface area contributed by atoms with E-state index in [9.17, 15) is 4.21 Å². The van der Waals surface area contributed by atoms with Gasteiger partial charge in [0, 0.05) is 27.8 Å². The summed E-state index contributed by atoms with van der Waals surface area (Å²) in [5.41, 5.74) is 0. The van der Waals surface area contributed by atoms with Crippen LogP contribution in [0.25, 0.3) is 0 Å². The maximum Gasteiger partial charge on any atom is 0.0350 e. The van der Waals surface area contributed by atoms with Gasteiger partial charge in [0.1, 0.15) is 0 Å². The molecule has 0 spiro atoms. The zero-order chi connectivity index (χ0) is 13.4. The van der Waals surface area contributed by atoms with Crippen LogP contribution in [0.15, 0.2) is 0 Å². The lowest BCUT2D eigenvalue weighted by Crippen LogP contribution is -2.26. The molecule has 0 amide bonds. The Bertz CT molecular complexity index is 245. The smallest absolute Gasteiger partial charge is 0.0350 e. The first kappa shape index (κ1) is 16.2. The zero-order valence-electron chi connectivity index (χ0n) is 12.4. The Morgan fingerprint density at radius 3 is 2.78 bits per heavy atom. The lowest BCUT2D eigenvalue weighted by atomic mass is 9.91. The quantitative estimate of drug-likeness (QED) is 0.686. The molecule has 1 aliphatic carbocycles. The minimum Gasteiger partial charge on any atom is -0.315 e. The van der Waals surface area contributed by atoms with Crippen molar-refractivity contribution in [3.63, 3.8) is 0 Å². The second-order valence-corrected chi connectivity index (χ2v) is 7.77. The van der Waals surface area contributed by atoms with E-state index < -0.39 is 10.8 Å². The summed E-state index contributed by atoms with van der Waals surface area (Å²) in [4.78, 5) is 0. The van der Waals surface area contributed by atoms with Crippen molar-refractivity contribution in [3.8, 4) is 0 Å². The molecule has 1 N–H and O–H groups in total. The van der Waals surface area contributed by atoms with Crippen LogP contribution in [0, 0.1) is 5.92 Å². The summed E-state index contributed by atoms with van der Waals surface area (Å²) in [7, 11) is -0.566. The Morgan fingerprint density at radius 2 is 2.11 bits per heavy atom. The third-order valence-electron chi connectivity index (χ3n) is 4.05. The van der Waals surface area contributed by atoms with Gasteiger partial charge in [-0.2, -0.15) is 0 Å². The minimum absolute atomic E-state index is 0.500. The monoisotopic (exact) mass is 273 g/mol. The molecule has 2 nitrogen and oxygen atoms in total. The molecular weight excluding hydrogens is 242 g/mol. The molecule has 3 heteroatoms. The molecule has 1 saturated carbocycles. The molecule has 1 rings (SSSR count). The third-order valence-corrected chi connectivity index (χ3v) is 5.91. The maximum atomic E-state index is 12.2. The molecule has 0 aromatic rings. The summed E-state index contributed by atoms with van der Waals surface area (Å²) in [6.07, 6.45) is 8.58. The third kappa shape index (κ3) is 6.33. The fourth-order valence-corrected chi connectivity index (χ4v) is 4.72. The van der Waals surface area contributed by atoms with Gasteiger partial charge in [0.2, 0.25) is 0 Å². The summed E-state index contributed by atoms with van der Waals surface area (Å²) in [6, 6.07) is 0.609. The van der Waals surface area contributed by atoms with Crippen molar-refractivity contribution in [2.45, 2.75) is 77.0 Å². The van der Waals surface area contributed by atoms with Crippen molar-refractivity contribution in [2.24, 2.45) is 5.92 Å². The molecule has 0 saturated heterocycles. The normalized spacial score (nSPS) is 27.9. The van der Waals surface area contributed by atoms with Crippen molar-refractivity contribution < 1.29 is 4.21 Å². The number of unbranched alkanes of at least 4 members (excludes halogenated alkanes) is 1. The van der Waals surface area contributed by atoms with E-state index in [1.165, 1.54) is 38.5 Å². The topological polar surface area (TPSA) is 29.1 Å². The summed E-state index contributed by atoms with van der Waals surface area (Å²) in [5, 5.41) is 3.93. The van der Waals surface area contributed by atoms with E-state index in [0.717, 1.165) is 24.6 Å². The first-order chi connectivity index (χ1) is 8.63. The average Bonchev–Trinajstić information content (AvgIpc) is 2.35. The summed E-state index contributed by atoms with van der Waals surface area (Å²) >= 11 is 0. The van der Waals surface area contributed by atoms with E-state index in [1.807, 2.05) is 0 Å². The van der Waals surface area contributed by atoms with Gasteiger partial charge in [-0.15, -0.1) is 0 Å². The fourth-order valence-electron chi connectivity index (χ4n) is 2.93. The maximum absolute atomic E-state index is 12.2. The molecule has 0 heterocycles. The second kappa shape index (κ2) is 9.08. The molecular formula is C15H31NOS. The van der Waals surface area contributed by atoms with E-state index in [-0.39, 0.29) is 0 Å². The number of rotatable bonds is 8. The zero-order valence-corrected chi connectivity index (χ0v) is 13.2. The van der Waals surface area contributed by atoms with Crippen LogP contribution in [0.2, 0.25) is 0 Å². The average molecular weight is 273 g/mol. The predicted molar refractivity (Wildman–Crippen MR) is 81.4 cm³/mol. The molecule has 0 aromatic carbocycles. The van der Waals surface area contributed by atoms with E-state index in [4.69, 9.17) is 0 Å². The van der Waals surface area contributed by atoms with Crippen molar-refractivity contribution >= 4 is 10.8 Å². The molecule has 4 unspecified atom stereocenters. The SMILES string of the molecule is CCNC(C)CCCCS(=O)C1CCCC(C)C1. The van der Waals surface area contributed by atoms with Gasteiger partial charge < -0.3 is 5.32 Å². The van der Waals surface area contributed by atoms with Crippen LogP contribution in [0.4, 0.5) is 0 Å². The van der Waals surface area contributed by atoms with Crippen molar-refractivity contribution in [2.75, 3.05) is 12.3 Å². The Balaban J connectivity index is 2.09. The molecule has 0 radical (unpaired) electrons. The highest BCUT2D eigenvalue weighted by Crippen LogP contribution is 2.27. The van der Waals surface area contributed by atoms with Gasteiger partial charge in [-0.3, -0.25) is 4.21 Å². The molecule has 1 fully saturated rings. The van der Waals surface area contributed by atoms with Crippen LogP contribution < -0.4 is 5.32 Å². The predicted octanol–water partition coefficient (Wildman–Crippen LogP) is 3.48. The molecule has 108 valence electrons. The lowest BCUT2D eigenvalue weighted by Gasteiger charge is -2.26. The first-order valence-corrected chi connectivity index (χ1v) is 9.12. The summed E-state index contributed by atoms with van der Waals surface area (Å²) in [6.45, 7) is 7.74. The Kier molecular flexibility index (Phi) is 8.16. The summed E-state index contributed by atoms with van der Waals surface area (Å²) in [5.74, 6) is 1.72. The molecule has 0 aliphatic heterocycles. The van der Waals surface area contributed by atoms with Gasteiger partial charge in [-0.1, -0.05) is 33.1 Å². The molecule has 0 aromatic heterocycles. The van der Waals surface area contributed by atoms with Crippen LogP contribution >= 0.6 is 0 Å². The molecule has 18 heavy (non-hydrogen) atoms. The molecule has 0 bridgehead atoms. The first-order valence-electron chi connectivity index (χ1n) is 7.74. The van der Waals surface area contributed by atoms with E-state index in [1.54, 1.807) is 0 Å². The Hall–Kier alpha value is 0.110. The fraction of sp³-hybridized carbons (Fsp3) is 1.00. The van der Waals surface area contributed by atoms with Crippen LogP contribution in [-0.2, 0) is 10.8 Å². The van der Waals surface area contributed by atoms with Gasteiger partial charge in [0.25, 0.3) is 0 Å². The van der Waals surface area contributed by atoms with Crippen LogP contribution in [0.1, 0.15) is 65.7 Å². The summed E-state index contributed by atoms with van der Waals surface area (Å²) < 4.78 is 12.2. The van der Waals surface area contributed by atoms with Crippen LogP contribution in [0.5, 0.6) is 0 Å². The van der Waals surface area contributed by atoms with Gasteiger partial charge in [0.05, 0.1) is 0 Å². The van der Waals surface area contributed by atoms with Gasteiger partial charge in [0.15, 0.2) is 0 Å². The largest absolute Gasteiger partial charge is 0.315 e. The van der Waals surface area contributed by atoms with E-state index in [0.29, 0.717) is 11.3 Å². The minimum atomic E-state index is -0.566. The Labute approximate surface area is 116 Å². The number of nitrogens with one attached hydrogen (secondary N) is 1. The highest BCUT2D eigenvalue weighted by Gasteiger charge is 2.23. The van der Waals surface area contributed by atoms with E-state index >= 15 is 0 Å². The van der Waals surface area contributed by atoms with Crippen molar-refractivity contribution in [3.05, 3.63) is 0 Å². The van der Waals surface area contributed by atoms with Crippen LogP contribution in [-0.4, -0.2) is 27.8 Å². The van der Waals surface area contributed by atoms with Gasteiger partial charge >= 0.3 is 0 Å². The number of hydrogen-bond acceptors (Lipinski definition) is 2. The highest BCUT2D eigenvalue weighted by molar-refractivity contribution is 7.85. The van der Waals surface area contributed by atoms with Gasteiger partial charge in [-0.05, 0) is 45.1 Å². The van der Waals surface area contributed by atoms with Gasteiger partial charge in [-0.25, -0.2) is 0 Å². The van der Waals surface area contributed by atoms with Crippen LogP contribution in [0.3, 0.4) is 0 Å². The van der Waals surface area contributed by atoms with Crippen molar-refractivity contribution in [1.82, 2.24) is 5.32 Å². The highest BCUT2D eigenvalue weighted by atomic mass is 32.2. The van der Waals surface area contributed by atoms with Crippen molar-refractivity contribution in [1.29, 1.82) is 0 Å².